The van der Waals surface area contributed by atoms with Crippen molar-refractivity contribution in [2.75, 3.05) is 11.4 Å². The normalized spacial score (nSPS) is 15.8. The number of aryl methyl sites for hydroxylation is 1. The first-order chi connectivity index (χ1) is 8.39. The molecule has 1 aliphatic carbocycles. The predicted octanol–water partition coefficient (Wildman–Crippen LogP) is 3.22. The van der Waals surface area contributed by atoms with Crippen molar-refractivity contribution in [3.05, 3.63) is 17.0 Å². The van der Waals surface area contributed by atoms with E-state index in [1.165, 1.54) is 11.0 Å². The average molecular weight is 280 g/mol. The van der Waals surface area contributed by atoms with Gasteiger partial charge in [-0.1, -0.05) is 18.5 Å². The highest BCUT2D eigenvalue weighted by atomic mass is 35.5. The van der Waals surface area contributed by atoms with Crippen molar-refractivity contribution >= 4 is 17.4 Å². The number of anilines is 1. The summed E-state index contributed by atoms with van der Waals surface area (Å²) in [5.41, 5.74) is 0. The van der Waals surface area contributed by atoms with E-state index in [4.69, 9.17) is 11.6 Å². The van der Waals surface area contributed by atoms with E-state index in [0.717, 1.165) is 12.8 Å². The monoisotopic (exact) mass is 279 g/mol. The van der Waals surface area contributed by atoms with Gasteiger partial charge in [0.05, 0.1) is 0 Å². The Morgan fingerprint density at radius 3 is 2.56 bits per heavy atom. The van der Waals surface area contributed by atoms with Gasteiger partial charge in [0.2, 0.25) is 0 Å². The van der Waals surface area contributed by atoms with Gasteiger partial charge in [0.15, 0.2) is 0 Å². The Labute approximate surface area is 108 Å². The van der Waals surface area contributed by atoms with Crippen LogP contribution in [0.1, 0.15) is 25.6 Å². The van der Waals surface area contributed by atoms with E-state index in [2.05, 4.69) is 9.97 Å². The molecule has 0 atom stereocenters. The molecule has 1 aromatic heterocycles. The molecular formula is C11H13ClF3N3. The zero-order chi connectivity index (χ0) is 13.3. The van der Waals surface area contributed by atoms with Crippen LogP contribution in [0.4, 0.5) is 19.0 Å². The van der Waals surface area contributed by atoms with Crippen LogP contribution in [0.3, 0.4) is 0 Å². The molecular weight excluding hydrogens is 267 g/mol. The maximum atomic E-state index is 12.5. The van der Waals surface area contributed by atoms with E-state index >= 15 is 0 Å². The minimum atomic E-state index is -4.24. The Balaban J connectivity index is 2.27. The molecule has 1 fully saturated rings. The van der Waals surface area contributed by atoms with Crippen LogP contribution >= 0.6 is 11.6 Å². The quantitative estimate of drug-likeness (QED) is 0.793. The van der Waals surface area contributed by atoms with E-state index in [0.29, 0.717) is 12.2 Å². The van der Waals surface area contributed by atoms with Gasteiger partial charge in [-0.2, -0.15) is 13.2 Å². The minimum absolute atomic E-state index is 0.0812. The van der Waals surface area contributed by atoms with Gasteiger partial charge in [-0.15, -0.1) is 0 Å². The summed E-state index contributed by atoms with van der Waals surface area (Å²) < 4.78 is 37.6. The SMILES string of the molecule is CCc1nc(Cl)cc(N(CC(F)(F)F)C2CC2)n1. The van der Waals surface area contributed by atoms with Gasteiger partial charge in [0.1, 0.15) is 23.3 Å². The van der Waals surface area contributed by atoms with Crippen LogP contribution in [0.2, 0.25) is 5.15 Å². The molecule has 1 aromatic rings. The summed E-state index contributed by atoms with van der Waals surface area (Å²) in [7, 11) is 0. The van der Waals surface area contributed by atoms with E-state index in [-0.39, 0.29) is 17.0 Å². The van der Waals surface area contributed by atoms with Gasteiger partial charge in [-0.25, -0.2) is 9.97 Å². The molecule has 1 aliphatic rings. The average Bonchev–Trinajstić information content (AvgIpc) is 3.07. The fourth-order valence-electron chi connectivity index (χ4n) is 1.73. The number of nitrogens with zero attached hydrogens (tertiary/aromatic N) is 3. The summed E-state index contributed by atoms with van der Waals surface area (Å²) in [6.45, 7) is 0.842. The van der Waals surface area contributed by atoms with Crippen molar-refractivity contribution < 1.29 is 13.2 Å². The van der Waals surface area contributed by atoms with Crippen molar-refractivity contribution in [2.45, 2.75) is 38.4 Å². The smallest absolute Gasteiger partial charge is 0.344 e. The molecule has 1 saturated carbocycles. The molecule has 100 valence electrons. The first-order valence-corrected chi connectivity index (χ1v) is 6.13. The second-order valence-corrected chi connectivity index (χ2v) is 4.68. The Morgan fingerprint density at radius 1 is 1.39 bits per heavy atom. The van der Waals surface area contributed by atoms with Crippen LogP contribution in [0.25, 0.3) is 0 Å². The zero-order valence-corrected chi connectivity index (χ0v) is 10.6. The largest absolute Gasteiger partial charge is 0.405 e. The van der Waals surface area contributed by atoms with Crippen molar-refractivity contribution in [3.8, 4) is 0 Å². The predicted molar refractivity (Wildman–Crippen MR) is 62.8 cm³/mol. The Bertz CT molecular complexity index is 432. The third kappa shape index (κ3) is 3.48. The molecule has 0 saturated heterocycles. The first-order valence-electron chi connectivity index (χ1n) is 5.76. The number of alkyl halides is 3. The van der Waals surface area contributed by atoms with Gasteiger partial charge in [-0.05, 0) is 12.8 Å². The van der Waals surface area contributed by atoms with Crippen LogP contribution < -0.4 is 4.90 Å². The molecule has 0 spiro atoms. The number of halogens is 4. The molecule has 0 aromatic carbocycles. The molecule has 2 rings (SSSR count). The van der Waals surface area contributed by atoms with Crippen LogP contribution in [0.5, 0.6) is 0 Å². The highest BCUT2D eigenvalue weighted by molar-refractivity contribution is 6.29. The van der Waals surface area contributed by atoms with Crippen molar-refractivity contribution in [1.82, 2.24) is 9.97 Å². The summed E-state index contributed by atoms with van der Waals surface area (Å²) in [5, 5.41) is 0.185. The summed E-state index contributed by atoms with van der Waals surface area (Å²) in [6, 6.07) is 1.31. The van der Waals surface area contributed by atoms with Gasteiger partial charge in [-0.3, -0.25) is 0 Å². The lowest BCUT2D eigenvalue weighted by Gasteiger charge is -2.25. The molecule has 0 N–H and O–H groups in total. The van der Waals surface area contributed by atoms with Gasteiger partial charge in [0, 0.05) is 18.5 Å². The third-order valence-corrected chi connectivity index (χ3v) is 2.87. The van der Waals surface area contributed by atoms with Crippen LogP contribution in [0, 0.1) is 0 Å². The highest BCUT2D eigenvalue weighted by Crippen LogP contribution is 2.34. The lowest BCUT2D eigenvalue weighted by atomic mass is 10.4. The number of rotatable bonds is 4. The fourth-order valence-corrected chi connectivity index (χ4v) is 1.93. The van der Waals surface area contributed by atoms with Crippen LogP contribution in [-0.4, -0.2) is 28.7 Å². The number of hydrogen-bond donors (Lipinski definition) is 0. The standard InChI is InChI=1S/C11H13ClF3N3/c1-2-9-16-8(12)5-10(17-9)18(7-3-4-7)6-11(13,14)15/h5,7H,2-4,6H2,1H3. The van der Waals surface area contributed by atoms with Gasteiger partial charge in [0.25, 0.3) is 0 Å². The lowest BCUT2D eigenvalue weighted by Crippen LogP contribution is -2.36. The molecule has 0 radical (unpaired) electrons. The molecule has 0 unspecified atom stereocenters. The van der Waals surface area contributed by atoms with Crippen LogP contribution in [0.15, 0.2) is 6.07 Å². The van der Waals surface area contributed by atoms with Gasteiger partial charge < -0.3 is 4.90 Å². The topological polar surface area (TPSA) is 29.0 Å². The van der Waals surface area contributed by atoms with Gasteiger partial charge >= 0.3 is 6.18 Å². The molecule has 1 heterocycles. The van der Waals surface area contributed by atoms with E-state index < -0.39 is 12.7 Å². The molecule has 0 amide bonds. The number of aromatic nitrogens is 2. The summed E-state index contributed by atoms with van der Waals surface area (Å²) in [5.74, 6) is 0.733. The maximum absolute atomic E-state index is 12.5. The second kappa shape index (κ2) is 4.91. The lowest BCUT2D eigenvalue weighted by molar-refractivity contribution is -0.120. The Morgan fingerprint density at radius 2 is 2.06 bits per heavy atom. The third-order valence-electron chi connectivity index (χ3n) is 2.68. The van der Waals surface area contributed by atoms with E-state index in [9.17, 15) is 13.2 Å². The maximum Gasteiger partial charge on any atom is 0.405 e. The van der Waals surface area contributed by atoms with Crippen molar-refractivity contribution in [2.24, 2.45) is 0 Å². The van der Waals surface area contributed by atoms with Crippen LogP contribution in [-0.2, 0) is 6.42 Å². The molecule has 0 aliphatic heterocycles. The second-order valence-electron chi connectivity index (χ2n) is 4.29. The first kappa shape index (κ1) is 13.4. The van der Waals surface area contributed by atoms with E-state index in [1.807, 2.05) is 6.92 Å². The van der Waals surface area contributed by atoms with Crippen molar-refractivity contribution in [3.63, 3.8) is 0 Å². The summed E-state index contributed by atoms with van der Waals surface area (Å²) in [6.07, 6.45) is -2.18. The highest BCUT2D eigenvalue weighted by Gasteiger charge is 2.39. The molecule has 0 bridgehead atoms. The fraction of sp³-hybridized carbons (Fsp3) is 0.636. The molecule has 3 nitrogen and oxygen atoms in total. The molecule has 18 heavy (non-hydrogen) atoms. The minimum Gasteiger partial charge on any atom is -0.344 e. The number of hydrogen-bond acceptors (Lipinski definition) is 3. The molecule has 7 heteroatoms. The summed E-state index contributed by atoms with van der Waals surface area (Å²) >= 11 is 5.81. The van der Waals surface area contributed by atoms with Crippen molar-refractivity contribution in [1.29, 1.82) is 0 Å². The summed E-state index contributed by atoms with van der Waals surface area (Å²) in [4.78, 5) is 9.36. The zero-order valence-electron chi connectivity index (χ0n) is 9.84. The van der Waals surface area contributed by atoms with E-state index in [1.54, 1.807) is 0 Å². The Hall–Kier alpha value is -1.04. The Kier molecular flexibility index (Phi) is 3.66.